The Morgan fingerprint density at radius 2 is 1.36 bits per heavy atom. The summed E-state index contributed by atoms with van der Waals surface area (Å²) in [6, 6.07) is 13.7. The third-order valence-electron chi connectivity index (χ3n) is 3.37. The molecule has 2 rings (SSSR count). The van der Waals surface area contributed by atoms with Gasteiger partial charge in [0.25, 0.3) is 5.91 Å². The molecule has 5 nitrogen and oxygen atoms in total. The number of amides is 2. The summed E-state index contributed by atoms with van der Waals surface area (Å²) < 4.78 is 0.910. The molecular formula is C19H17BrN2O3. The maximum absolute atomic E-state index is 12.1. The average Bonchev–Trinajstić information content (AvgIpc) is 2.57. The van der Waals surface area contributed by atoms with Gasteiger partial charge < -0.3 is 10.6 Å². The van der Waals surface area contributed by atoms with E-state index in [9.17, 15) is 14.4 Å². The van der Waals surface area contributed by atoms with E-state index in [2.05, 4.69) is 26.6 Å². The Morgan fingerprint density at radius 1 is 0.840 bits per heavy atom. The predicted molar refractivity (Wildman–Crippen MR) is 102 cm³/mol. The lowest BCUT2D eigenvalue weighted by molar-refractivity contribution is -0.114. The summed E-state index contributed by atoms with van der Waals surface area (Å²) in [5.74, 6) is -0.818. The maximum atomic E-state index is 12.1. The molecule has 128 valence electrons. The number of hydrogen-bond donors (Lipinski definition) is 2. The van der Waals surface area contributed by atoms with Crippen LogP contribution in [0.25, 0.3) is 0 Å². The first kappa shape index (κ1) is 18.6. The van der Waals surface area contributed by atoms with Gasteiger partial charge in [0.1, 0.15) is 0 Å². The fraction of sp³-hybridized carbons (Fsp3) is 0.105. The number of carbonyl (C=O) groups excluding carboxylic acids is 3. The van der Waals surface area contributed by atoms with E-state index in [1.165, 1.54) is 13.0 Å². The van der Waals surface area contributed by atoms with Crippen molar-refractivity contribution in [3.05, 3.63) is 70.2 Å². The molecule has 0 aliphatic carbocycles. The molecule has 0 saturated carbocycles. The highest BCUT2D eigenvalue weighted by Crippen LogP contribution is 2.15. The first-order valence-electron chi connectivity index (χ1n) is 7.52. The number of carbonyl (C=O) groups is 3. The van der Waals surface area contributed by atoms with Gasteiger partial charge in [0, 0.05) is 33.1 Å². The number of benzene rings is 2. The van der Waals surface area contributed by atoms with Crippen LogP contribution in [0.3, 0.4) is 0 Å². The fourth-order valence-electron chi connectivity index (χ4n) is 1.99. The van der Waals surface area contributed by atoms with Crippen LogP contribution in [0.1, 0.15) is 24.2 Å². The predicted octanol–water partition coefficient (Wildman–Crippen LogP) is 4.18. The molecule has 0 saturated heterocycles. The minimum atomic E-state index is -0.418. The summed E-state index contributed by atoms with van der Waals surface area (Å²) in [6.45, 7) is 3.04. The van der Waals surface area contributed by atoms with Crippen LogP contribution in [0.15, 0.2) is 64.7 Å². The van der Waals surface area contributed by atoms with Gasteiger partial charge in [0.05, 0.1) is 0 Å². The Morgan fingerprint density at radius 3 is 1.92 bits per heavy atom. The van der Waals surface area contributed by atoms with E-state index in [1.54, 1.807) is 43.3 Å². The standard InChI is InChI=1S/C19H17BrN2O3/c1-12(19(25)22-17-9-5-15(20)6-10-17)11-18(24)21-16-7-3-14(4-8-16)13(2)23/h3-11H,1-2H3,(H,21,24)(H,22,25)/b12-11-. The Kier molecular flexibility index (Phi) is 6.25. The summed E-state index contributed by atoms with van der Waals surface area (Å²) >= 11 is 3.32. The van der Waals surface area contributed by atoms with Gasteiger partial charge in [-0.05, 0) is 62.4 Å². The zero-order chi connectivity index (χ0) is 18.4. The maximum Gasteiger partial charge on any atom is 0.251 e. The van der Waals surface area contributed by atoms with Crippen LogP contribution in [-0.2, 0) is 9.59 Å². The van der Waals surface area contributed by atoms with Gasteiger partial charge >= 0.3 is 0 Å². The first-order valence-corrected chi connectivity index (χ1v) is 8.31. The molecule has 0 spiro atoms. The molecule has 0 radical (unpaired) electrons. The molecule has 2 amide bonds. The lowest BCUT2D eigenvalue weighted by atomic mass is 10.1. The SMILES string of the molecule is CC(=O)c1ccc(NC(=O)/C=C(/C)C(=O)Nc2ccc(Br)cc2)cc1. The Bertz CT molecular complexity index is 825. The van der Waals surface area contributed by atoms with Crippen molar-refractivity contribution in [3.8, 4) is 0 Å². The monoisotopic (exact) mass is 400 g/mol. The van der Waals surface area contributed by atoms with E-state index in [0.717, 1.165) is 4.47 Å². The van der Waals surface area contributed by atoms with E-state index < -0.39 is 5.91 Å². The van der Waals surface area contributed by atoms with Crippen molar-refractivity contribution in [2.75, 3.05) is 10.6 Å². The van der Waals surface area contributed by atoms with E-state index in [4.69, 9.17) is 0 Å². The second-order valence-corrected chi connectivity index (χ2v) is 6.33. The summed E-state index contributed by atoms with van der Waals surface area (Å²) in [6.07, 6.45) is 1.23. The molecule has 0 aliphatic heterocycles. The minimum Gasteiger partial charge on any atom is -0.323 e. The molecule has 6 heteroatoms. The zero-order valence-corrected chi connectivity index (χ0v) is 15.4. The first-order chi connectivity index (χ1) is 11.8. The summed E-state index contributed by atoms with van der Waals surface area (Å²) in [5.41, 5.74) is 2.04. The molecule has 0 unspecified atom stereocenters. The number of Topliss-reactive ketones (excluding diaryl/α,β-unsaturated/α-hetero) is 1. The van der Waals surface area contributed by atoms with Gasteiger partial charge in [0.15, 0.2) is 5.78 Å². The smallest absolute Gasteiger partial charge is 0.251 e. The minimum absolute atomic E-state index is 0.0433. The van der Waals surface area contributed by atoms with E-state index in [-0.39, 0.29) is 17.3 Å². The van der Waals surface area contributed by atoms with Crippen LogP contribution in [0.4, 0.5) is 11.4 Å². The lowest BCUT2D eigenvalue weighted by Crippen LogP contribution is -2.16. The van der Waals surface area contributed by atoms with Crippen molar-refractivity contribution in [3.63, 3.8) is 0 Å². The van der Waals surface area contributed by atoms with Crippen molar-refractivity contribution < 1.29 is 14.4 Å². The molecule has 2 aromatic carbocycles. The number of anilines is 2. The van der Waals surface area contributed by atoms with Crippen LogP contribution in [0, 0.1) is 0 Å². The Balaban J connectivity index is 1.97. The summed E-state index contributed by atoms with van der Waals surface area (Å²) in [4.78, 5) is 35.3. The molecule has 0 aromatic heterocycles. The number of halogens is 1. The number of rotatable bonds is 5. The van der Waals surface area contributed by atoms with Crippen LogP contribution < -0.4 is 10.6 Å². The van der Waals surface area contributed by atoms with Crippen molar-refractivity contribution in [1.82, 2.24) is 0 Å². The molecule has 0 atom stereocenters. The van der Waals surface area contributed by atoms with Crippen LogP contribution in [-0.4, -0.2) is 17.6 Å². The van der Waals surface area contributed by atoms with Gasteiger partial charge in [-0.25, -0.2) is 0 Å². The highest BCUT2D eigenvalue weighted by molar-refractivity contribution is 9.10. The van der Waals surface area contributed by atoms with E-state index in [0.29, 0.717) is 16.9 Å². The lowest BCUT2D eigenvalue weighted by Gasteiger charge is -2.06. The summed E-state index contributed by atoms with van der Waals surface area (Å²) in [7, 11) is 0. The van der Waals surface area contributed by atoms with Gasteiger partial charge in [0.2, 0.25) is 5.91 Å². The van der Waals surface area contributed by atoms with Crippen molar-refractivity contribution in [2.45, 2.75) is 13.8 Å². The number of nitrogens with one attached hydrogen (secondary N) is 2. The van der Waals surface area contributed by atoms with Gasteiger partial charge in [-0.2, -0.15) is 0 Å². The van der Waals surface area contributed by atoms with Crippen LogP contribution >= 0.6 is 15.9 Å². The number of hydrogen-bond acceptors (Lipinski definition) is 3. The quantitative estimate of drug-likeness (QED) is 0.583. The molecule has 25 heavy (non-hydrogen) atoms. The molecule has 0 heterocycles. The highest BCUT2D eigenvalue weighted by Gasteiger charge is 2.08. The molecular weight excluding hydrogens is 384 g/mol. The topological polar surface area (TPSA) is 75.3 Å². The van der Waals surface area contributed by atoms with Crippen LogP contribution in [0.2, 0.25) is 0 Å². The summed E-state index contributed by atoms with van der Waals surface area (Å²) in [5, 5.41) is 5.36. The molecule has 0 aliphatic rings. The molecule has 0 fully saturated rings. The van der Waals surface area contributed by atoms with Gasteiger partial charge in [-0.15, -0.1) is 0 Å². The number of ketones is 1. The third-order valence-corrected chi connectivity index (χ3v) is 3.90. The molecule has 2 N–H and O–H groups in total. The molecule has 0 bridgehead atoms. The highest BCUT2D eigenvalue weighted by atomic mass is 79.9. The average molecular weight is 401 g/mol. The Labute approximate surface area is 154 Å². The zero-order valence-electron chi connectivity index (χ0n) is 13.8. The fourth-order valence-corrected chi connectivity index (χ4v) is 2.26. The van der Waals surface area contributed by atoms with Gasteiger partial charge in [-0.1, -0.05) is 15.9 Å². The van der Waals surface area contributed by atoms with Crippen molar-refractivity contribution >= 4 is 44.9 Å². The second kappa shape index (κ2) is 8.39. The molecule has 2 aromatic rings. The van der Waals surface area contributed by atoms with E-state index >= 15 is 0 Å². The normalized spacial score (nSPS) is 10.9. The van der Waals surface area contributed by atoms with Crippen LogP contribution in [0.5, 0.6) is 0 Å². The van der Waals surface area contributed by atoms with E-state index in [1.807, 2.05) is 12.1 Å². The van der Waals surface area contributed by atoms with Crippen molar-refractivity contribution in [1.29, 1.82) is 0 Å². The second-order valence-electron chi connectivity index (χ2n) is 5.41. The third kappa shape index (κ3) is 5.69. The van der Waals surface area contributed by atoms with Gasteiger partial charge in [-0.3, -0.25) is 14.4 Å². The largest absolute Gasteiger partial charge is 0.323 e. The van der Waals surface area contributed by atoms with Crippen molar-refractivity contribution in [2.24, 2.45) is 0 Å². The Hall–Kier alpha value is -2.73.